The molecule has 0 aliphatic rings. The molecule has 1 aromatic carbocycles. The highest BCUT2D eigenvalue weighted by Crippen LogP contribution is 2.21. The van der Waals surface area contributed by atoms with Gasteiger partial charge in [-0.1, -0.05) is 5.92 Å². The molecule has 0 amide bonds. The van der Waals surface area contributed by atoms with Gasteiger partial charge in [-0.2, -0.15) is 4.31 Å². The molecule has 0 fully saturated rings. The molecule has 0 atom stereocenters. The Balaban J connectivity index is 3.35. The van der Waals surface area contributed by atoms with Crippen LogP contribution in [0.3, 0.4) is 0 Å². The molecule has 0 unspecified atom stereocenters. The van der Waals surface area contributed by atoms with Gasteiger partial charge in [0.05, 0.1) is 11.4 Å². The lowest BCUT2D eigenvalue weighted by Gasteiger charge is -2.16. The molecule has 18 heavy (non-hydrogen) atoms. The lowest BCUT2D eigenvalue weighted by atomic mass is 10.1. The summed E-state index contributed by atoms with van der Waals surface area (Å²) in [6, 6.07) is 2.52. The Hall–Kier alpha value is -1.42. The van der Waals surface area contributed by atoms with Crippen molar-refractivity contribution in [2.75, 3.05) is 13.6 Å². The van der Waals surface area contributed by atoms with Crippen molar-refractivity contribution < 1.29 is 12.8 Å². The molecule has 0 saturated heterocycles. The topological polar surface area (TPSA) is 63.4 Å². The first-order chi connectivity index (χ1) is 8.34. The van der Waals surface area contributed by atoms with Crippen molar-refractivity contribution in [3.63, 3.8) is 0 Å². The number of rotatable bonds is 4. The average Bonchev–Trinajstić information content (AvgIpc) is 2.32. The number of aryl methyl sites for hydroxylation is 1. The monoisotopic (exact) mass is 270 g/mol. The quantitative estimate of drug-likeness (QED) is 0.825. The Morgan fingerprint density at radius 3 is 2.61 bits per heavy atom. The van der Waals surface area contributed by atoms with Gasteiger partial charge in [0.25, 0.3) is 0 Å². The van der Waals surface area contributed by atoms with Crippen molar-refractivity contribution in [1.29, 1.82) is 0 Å². The van der Waals surface area contributed by atoms with Crippen molar-refractivity contribution in [3.8, 4) is 12.3 Å². The van der Waals surface area contributed by atoms with Gasteiger partial charge >= 0.3 is 0 Å². The van der Waals surface area contributed by atoms with Crippen LogP contribution in [-0.2, 0) is 16.6 Å². The van der Waals surface area contributed by atoms with Crippen LogP contribution in [0.1, 0.15) is 11.1 Å². The second kappa shape index (κ2) is 5.48. The average molecular weight is 270 g/mol. The fraction of sp³-hybridized carbons (Fsp3) is 0.333. The summed E-state index contributed by atoms with van der Waals surface area (Å²) in [5.41, 5.74) is 5.80. The van der Waals surface area contributed by atoms with Gasteiger partial charge in [-0.15, -0.1) is 6.42 Å². The van der Waals surface area contributed by atoms with Crippen molar-refractivity contribution >= 4 is 10.0 Å². The van der Waals surface area contributed by atoms with Crippen LogP contribution in [0.4, 0.5) is 4.39 Å². The molecule has 1 aromatic rings. The number of nitrogens with two attached hydrogens (primary N) is 1. The van der Waals surface area contributed by atoms with Crippen LogP contribution in [0.25, 0.3) is 0 Å². The zero-order valence-electron chi connectivity index (χ0n) is 10.3. The maximum atomic E-state index is 13.6. The van der Waals surface area contributed by atoms with Crippen molar-refractivity contribution in [2.45, 2.75) is 18.4 Å². The van der Waals surface area contributed by atoms with Gasteiger partial charge in [0.2, 0.25) is 10.0 Å². The summed E-state index contributed by atoms with van der Waals surface area (Å²) in [5.74, 6) is 1.77. The highest BCUT2D eigenvalue weighted by molar-refractivity contribution is 7.89. The molecular weight excluding hydrogens is 255 g/mol. The summed E-state index contributed by atoms with van der Waals surface area (Å²) >= 11 is 0. The van der Waals surface area contributed by atoms with Crippen LogP contribution in [0.15, 0.2) is 17.0 Å². The van der Waals surface area contributed by atoms with Crippen LogP contribution in [0.2, 0.25) is 0 Å². The predicted octanol–water partition coefficient (Wildman–Crippen LogP) is 0.847. The summed E-state index contributed by atoms with van der Waals surface area (Å²) in [7, 11) is -2.33. The lowest BCUT2D eigenvalue weighted by molar-refractivity contribution is 0.502. The lowest BCUT2D eigenvalue weighted by Crippen LogP contribution is -2.27. The van der Waals surface area contributed by atoms with E-state index in [2.05, 4.69) is 5.92 Å². The van der Waals surface area contributed by atoms with Crippen LogP contribution in [0.5, 0.6) is 0 Å². The van der Waals surface area contributed by atoms with E-state index in [1.165, 1.54) is 26.1 Å². The summed E-state index contributed by atoms with van der Waals surface area (Å²) in [4.78, 5) is -0.000370. The first-order valence-electron chi connectivity index (χ1n) is 5.23. The fourth-order valence-corrected chi connectivity index (χ4v) is 2.72. The van der Waals surface area contributed by atoms with Gasteiger partial charge in [0.15, 0.2) is 0 Å². The summed E-state index contributed by atoms with van der Waals surface area (Å²) in [6.45, 7) is 1.39. The van der Waals surface area contributed by atoms with E-state index in [0.717, 1.165) is 4.31 Å². The maximum absolute atomic E-state index is 13.6. The summed E-state index contributed by atoms with van der Waals surface area (Å²) < 4.78 is 38.9. The molecule has 98 valence electrons. The molecule has 6 heteroatoms. The van der Waals surface area contributed by atoms with Gasteiger partial charge < -0.3 is 5.73 Å². The van der Waals surface area contributed by atoms with E-state index in [0.29, 0.717) is 0 Å². The minimum absolute atomic E-state index is 0.000370. The molecule has 2 N–H and O–H groups in total. The van der Waals surface area contributed by atoms with Crippen LogP contribution in [-0.4, -0.2) is 26.3 Å². The minimum Gasteiger partial charge on any atom is -0.326 e. The molecule has 1 rings (SSSR count). The van der Waals surface area contributed by atoms with E-state index in [1.54, 1.807) is 0 Å². The van der Waals surface area contributed by atoms with E-state index in [-0.39, 0.29) is 29.1 Å². The molecule has 0 spiro atoms. The highest BCUT2D eigenvalue weighted by Gasteiger charge is 2.22. The summed E-state index contributed by atoms with van der Waals surface area (Å²) in [5, 5.41) is 0. The Kier molecular flexibility index (Phi) is 4.46. The van der Waals surface area contributed by atoms with Gasteiger partial charge in [-0.05, 0) is 24.6 Å². The predicted molar refractivity (Wildman–Crippen MR) is 67.7 cm³/mol. The van der Waals surface area contributed by atoms with Crippen molar-refractivity contribution in [2.24, 2.45) is 5.73 Å². The van der Waals surface area contributed by atoms with E-state index in [1.807, 2.05) is 0 Å². The van der Waals surface area contributed by atoms with Crippen LogP contribution < -0.4 is 5.73 Å². The largest absolute Gasteiger partial charge is 0.326 e. The van der Waals surface area contributed by atoms with Crippen molar-refractivity contribution in [3.05, 3.63) is 29.1 Å². The van der Waals surface area contributed by atoms with Gasteiger partial charge in [-0.3, -0.25) is 0 Å². The van der Waals surface area contributed by atoms with Gasteiger partial charge in [0, 0.05) is 19.2 Å². The van der Waals surface area contributed by atoms with Crippen LogP contribution >= 0.6 is 0 Å². The number of terminal acetylenes is 1. The molecule has 0 aromatic heterocycles. The third-order valence-electron chi connectivity index (χ3n) is 2.55. The van der Waals surface area contributed by atoms with E-state index >= 15 is 0 Å². The zero-order valence-corrected chi connectivity index (χ0v) is 11.1. The molecular formula is C12H15FN2O2S. The molecule has 0 aliphatic heterocycles. The SMILES string of the molecule is C#CCN(C)S(=O)(=O)c1cc(C)c(F)c(CN)c1. The standard InChI is InChI=1S/C12H15FN2O2S/c1-4-5-15(3)18(16,17)11-6-9(2)12(13)10(7-11)8-14/h1,6-7H,5,8,14H2,2-3H3. The minimum atomic E-state index is -3.70. The number of hydrogen-bond donors (Lipinski definition) is 1. The number of hydrogen-bond acceptors (Lipinski definition) is 3. The third-order valence-corrected chi connectivity index (χ3v) is 4.33. The molecule has 0 aliphatic carbocycles. The van der Waals surface area contributed by atoms with E-state index < -0.39 is 15.8 Å². The Labute approximate surface area is 107 Å². The molecule has 0 heterocycles. The molecule has 0 bridgehead atoms. The number of benzene rings is 1. The maximum Gasteiger partial charge on any atom is 0.243 e. The zero-order chi connectivity index (χ0) is 13.9. The van der Waals surface area contributed by atoms with E-state index in [4.69, 9.17) is 12.2 Å². The molecule has 0 saturated carbocycles. The van der Waals surface area contributed by atoms with Crippen molar-refractivity contribution in [1.82, 2.24) is 4.31 Å². The normalized spacial score (nSPS) is 11.6. The number of halogens is 1. The highest BCUT2D eigenvalue weighted by atomic mass is 32.2. The number of sulfonamides is 1. The van der Waals surface area contributed by atoms with Gasteiger partial charge in [0.1, 0.15) is 5.82 Å². The Morgan fingerprint density at radius 2 is 2.11 bits per heavy atom. The third kappa shape index (κ3) is 2.70. The Bertz CT molecular complexity index is 591. The first kappa shape index (κ1) is 14.6. The fourth-order valence-electron chi connectivity index (χ4n) is 1.50. The first-order valence-corrected chi connectivity index (χ1v) is 6.67. The molecule has 4 nitrogen and oxygen atoms in total. The smallest absolute Gasteiger partial charge is 0.243 e. The Morgan fingerprint density at radius 1 is 1.50 bits per heavy atom. The second-order valence-electron chi connectivity index (χ2n) is 3.88. The summed E-state index contributed by atoms with van der Waals surface area (Å²) in [6.07, 6.45) is 5.08. The van der Waals surface area contributed by atoms with E-state index in [9.17, 15) is 12.8 Å². The second-order valence-corrected chi connectivity index (χ2v) is 5.93. The van der Waals surface area contributed by atoms with Crippen LogP contribution in [0, 0.1) is 25.1 Å². The number of nitrogens with zero attached hydrogens (tertiary/aromatic N) is 1. The molecule has 0 radical (unpaired) electrons. The van der Waals surface area contributed by atoms with Gasteiger partial charge in [-0.25, -0.2) is 12.8 Å².